The van der Waals surface area contributed by atoms with Crippen molar-refractivity contribution in [1.29, 1.82) is 0 Å². The molecule has 0 aromatic rings. The molecule has 58 valence electrons. The highest BCUT2D eigenvalue weighted by Gasteiger charge is 2.14. The lowest BCUT2D eigenvalue weighted by atomic mass is 10.0. The molecular weight excluding hydrogens is 190 g/mol. The molecule has 0 fully saturated rings. The molecule has 0 N–H and O–H groups in total. The largest absolute Gasteiger partial charge is 0.380 e. The lowest BCUT2D eigenvalue weighted by molar-refractivity contribution is 0.468. The number of halogens is 1. The van der Waals surface area contributed by atoms with E-state index in [0.29, 0.717) is 4.83 Å². The SMILES string of the molecule is CN(C)C1=CCCCC1Br. The molecule has 1 unspecified atom stereocenters. The molecule has 0 spiro atoms. The van der Waals surface area contributed by atoms with Gasteiger partial charge in [0.2, 0.25) is 0 Å². The summed E-state index contributed by atoms with van der Waals surface area (Å²) in [4.78, 5) is 2.79. The van der Waals surface area contributed by atoms with E-state index in [4.69, 9.17) is 0 Å². The van der Waals surface area contributed by atoms with Gasteiger partial charge in [-0.3, -0.25) is 0 Å². The summed E-state index contributed by atoms with van der Waals surface area (Å²) in [6.07, 6.45) is 6.18. The predicted octanol–water partition coefficient (Wildman–Crippen LogP) is 2.38. The molecule has 1 rings (SSSR count). The van der Waals surface area contributed by atoms with Crippen LogP contribution in [0.15, 0.2) is 11.8 Å². The van der Waals surface area contributed by atoms with Gasteiger partial charge in [-0.25, -0.2) is 0 Å². The first-order valence-corrected chi connectivity index (χ1v) is 4.65. The van der Waals surface area contributed by atoms with Crippen LogP contribution in [0.5, 0.6) is 0 Å². The van der Waals surface area contributed by atoms with Crippen molar-refractivity contribution in [3.8, 4) is 0 Å². The average molecular weight is 204 g/mol. The van der Waals surface area contributed by atoms with E-state index >= 15 is 0 Å². The topological polar surface area (TPSA) is 3.24 Å². The third kappa shape index (κ3) is 1.75. The van der Waals surface area contributed by atoms with Crippen molar-refractivity contribution in [2.45, 2.75) is 24.1 Å². The van der Waals surface area contributed by atoms with Crippen LogP contribution in [-0.2, 0) is 0 Å². The Morgan fingerprint density at radius 1 is 1.60 bits per heavy atom. The lowest BCUT2D eigenvalue weighted by Crippen LogP contribution is -2.21. The monoisotopic (exact) mass is 203 g/mol. The summed E-state index contributed by atoms with van der Waals surface area (Å²) in [6.45, 7) is 0. The molecule has 0 saturated carbocycles. The van der Waals surface area contributed by atoms with Crippen LogP contribution in [0.25, 0.3) is 0 Å². The van der Waals surface area contributed by atoms with Crippen LogP contribution >= 0.6 is 15.9 Å². The van der Waals surface area contributed by atoms with E-state index in [1.165, 1.54) is 25.0 Å². The predicted molar refractivity (Wildman–Crippen MR) is 48.3 cm³/mol. The minimum atomic E-state index is 0.594. The molecular formula is C8H14BrN. The first kappa shape index (κ1) is 8.12. The van der Waals surface area contributed by atoms with E-state index in [-0.39, 0.29) is 0 Å². The van der Waals surface area contributed by atoms with E-state index in [1.54, 1.807) is 0 Å². The molecule has 1 atom stereocenters. The van der Waals surface area contributed by atoms with E-state index in [9.17, 15) is 0 Å². The Labute approximate surface area is 71.2 Å². The van der Waals surface area contributed by atoms with Crippen molar-refractivity contribution in [3.63, 3.8) is 0 Å². The Balaban J connectivity index is 2.61. The summed E-state index contributed by atoms with van der Waals surface area (Å²) >= 11 is 3.65. The first-order chi connectivity index (χ1) is 4.72. The second-order valence-electron chi connectivity index (χ2n) is 2.92. The van der Waals surface area contributed by atoms with Crippen LogP contribution in [-0.4, -0.2) is 23.8 Å². The van der Waals surface area contributed by atoms with Crippen molar-refractivity contribution in [2.24, 2.45) is 0 Å². The summed E-state index contributed by atoms with van der Waals surface area (Å²) in [5.41, 5.74) is 1.44. The number of allylic oxidation sites excluding steroid dienone is 2. The van der Waals surface area contributed by atoms with Gasteiger partial charge in [0, 0.05) is 19.8 Å². The normalized spacial score (nSPS) is 25.9. The van der Waals surface area contributed by atoms with E-state index in [1.807, 2.05) is 0 Å². The fourth-order valence-electron chi connectivity index (χ4n) is 1.29. The molecule has 0 aliphatic heterocycles. The Kier molecular flexibility index (Phi) is 2.78. The Hall–Kier alpha value is 0.0200. The number of alkyl halides is 1. The van der Waals surface area contributed by atoms with Crippen molar-refractivity contribution in [2.75, 3.05) is 14.1 Å². The van der Waals surface area contributed by atoms with Gasteiger partial charge in [-0.2, -0.15) is 0 Å². The van der Waals surface area contributed by atoms with Crippen LogP contribution in [0.4, 0.5) is 0 Å². The van der Waals surface area contributed by atoms with Crippen molar-refractivity contribution < 1.29 is 0 Å². The Morgan fingerprint density at radius 3 is 2.70 bits per heavy atom. The number of hydrogen-bond donors (Lipinski definition) is 0. The number of rotatable bonds is 1. The van der Waals surface area contributed by atoms with Crippen LogP contribution in [0.1, 0.15) is 19.3 Å². The number of hydrogen-bond acceptors (Lipinski definition) is 1. The molecule has 0 amide bonds. The van der Waals surface area contributed by atoms with E-state index < -0.39 is 0 Å². The van der Waals surface area contributed by atoms with Crippen molar-refractivity contribution in [3.05, 3.63) is 11.8 Å². The van der Waals surface area contributed by atoms with Crippen LogP contribution < -0.4 is 0 Å². The van der Waals surface area contributed by atoms with Gasteiger partial charge in [-0.1, -0.05) is 22.0 Å². The van der Waals surface area contributed by atoms with Gasteiger partial charge in [0.05, 0.1) is 4.83 Å². The molecule has 2 heteroatoms. The smallest absolute Gasteiger partial charge is 0.0541 e. The molecule has 0 radical (unpaired) electrons. The van der Waals surface area contributed by atoms with Crippen LogP contribution in [0.3, 0.4) is 0 Å². The molecule has 0 aromatic heterocycles. The van der Waals surface area contributed by atoms with Gasteiger partial charge in [0.15, 0.2) is 0 Å². The fraction of sp³-hybridized carbons (Fsp3) is 0.750. The van der Waals surface area contributed by atoms with Crippen molar-refractivity contribution >= 4 is 15.9 Å². The highest BCUT2D eigenvalue weighted by Crippen LogP contribution is 2.25. The van der Waals surface area contributed by atoms with Gasteiger partial charge in [-0.15, -0.1) is 0 Å². The second-order valence-corrected chi connectivity index (χ2v) is 4.03. The Bertz CT molecular complexity index is 140. The first-order valence-electron chi connectivity index (χ1n) is 3.73. The average Bonchev–Trinajstić information content (AvgIpc) is 1.88. The zero-order valence-electron chi connectivity index (χ0n) is 6.60. The van der Waals surface area contributed by atoms with Crippen molar-refractivity contribution in [1.82, 2.24) is 4.90 Å². The summed E-state index contributed by atoms with van der Waals surface area (Å²) in [7, 11) is 4.21. The summed E-state index contributed by atoms with van der Waals surface area (Å²) in [5, 5.41) is 0. The highest BCUT2D eigenvalue weighted by molar-refractivity contribution is 9.09. The number of nitrogens with zero attached hydrogens (tertiary/aromatic N) is 1. The fourth-order valence-corrected chi connectivity index (χ4v) is 2.21. The molecule has 1 aliphatic rings. The molecule has 10 heavy (non-hydrogen) atoms. The molecule has 0 bridgehead atoms. The lowest BCUT2D eigenvalue weighted by Gasteiger charge is -2.25. The minimum absolute atomic E-state index is 0.594. The maximum atomic E-state index is 3.65. The maximum absolute atomic E-state index is 3.65. The van der Waals surface area contributed by atoms with Gasteiger partial charge in [-0.05, 0) is 19.3 Å². The zero-order valence-corrected chi connectivity index (χ0v) is 8.19. The highest BCUT2D eigenvalue weighted by atomic mass is 79.9. The molecule has 0 heterocycles. The van der Waals surface area contributed by atoms with E-state index in [0.717, 1.165) is 0 Å². The van der Waals surface area contributed by atoms with E-state index in [2.05, 4.69) is 41.0 Å². The second kappa shape index (κ2) is 3.42. The molecule has 0 saturated heterocycles. The summed E-state index contributed by atoms with van der Waals surface area (Å²) in [6, 6.07) is 0. The van der Waals surface area contributed by atoms with Gasteiger partial charge >= 0.3 is 0 Å². The Morgan fingerprint density at radius 2 is 2.30 bits per heavy atom. The zero-order chi connectivity index (χ0) is 7.56. The summed E-state index contributed by atoms with van der Waals surface area (Å²) < 4.78 is 0. The molecule has 1 aliphatic carbocycles. The third-order valence-corrected chi connectivity index (χ3v) is 2.78. The van der Waals surface area contributed by atoms with Gasteiger partial charge in [0.25, 0.3) is 0 Å². The van der Waals surface area contributed by atoms with Crippen LogP contribution in [0, 0.1) is 0 Å². The molecule has 0 aromatic carbocycles. The quantitative estimate of drug-likeness (QED) is 0.592. The third-order valence-electron chi connectivity index (χ3n) is 1.85. The standard InChI is InChI=1S/C8H14BrN/c1-10(2)8-6-4-3-5-7(8)9/h6-7H,3-5H2,1-2H3. The molecule has 1 nitrogen and oxygen atoms in total. The van der Waals surface area contributed by atoms with Gasteiger partial charge < -0.3 is 4.90 Å². The summed E-state index contributed by atoms with van der Waals surface area (Å²) in [5.74, 6) is 0. The maximum Gasteiger partial charge on any atom is 0.0541 e. The minimum Gasteiger partial charge on any atom is -0.380 e. The van der Waals surface area contributed by atoms with Crippen LogP contribution in [0.2, 0.25) is 0 Å². The van der Waals surface area contributed by atoms with Gasteiger partial charge in [0.1, 0.15) is 0 Å².